The number of aryl methyl sites for hydroxylation is 2. The molecule has 0 atom stereocenters. The number of benzene rings is 1. The molecule has 1 heterocycles. The summed E-state index contributed by atoms with van der Waals surface area (Å²) in [6.45, 7) is 6.54. The van der Waals surface area contributed by atoms with Gasteiger partial charge < -0.3 is 15.8 Å². The highest BCUT2D eigenvalue weighted by Gasteiger charge is 2.09. The molecule has 2 aromatic rings. The topological polar surface area (TPSA) is 73.1 Å². The van der Waals surface area contributed by atoms with Gasteiger partial charge in [0.1, 0.15) is 12.0 Å². The van der Waals surface area contributed by atoms with Crippen LogP contribution in [0.1, 0.15) is 18.1 Å². The average Bonchev–Trinajstić information content (AvgIpc) is 2.39. The Kier molecular flexibility index (Phi) is 3.85. The maximum Gasteiger partial charge on any atom is 0.242 e. The first-order chi connectivity index (χ1) is 9.11. The second-order valence-corrected chi connectivity index (χ2v) is 4.30. The van der Waals surface area contributed by atoms with Gasteiger partial charge in [0.15, 0.2) is 5.82 Å². The molecule has 0 bridgehead atoms. The van der Waals surface area contributed by atoms with Gasteiger partial charge in [0, 0.05) is 5.69 Å². The third-order valence-electron chi connectivity index (χ3n) is 2.90. The van der Waals surface area contributed by atoms with E-state index in [2.05, 4.69) is 41.3 Å². The molecule has 0 unspecified atom stereocenters. The Hall–Kier alpha value is -2.30. The van der Waals surface area contributed by atoms with Gasteiger partial charge in [0.2, 0.25) is 5.88 Å². The highest BCUT2D eigenvalue weighted by atomic mass is 16.5. The van der Waals surface area contributed by atoms with Crippen molar-refractivity contribution < 1.29 is 4.74 Å². The quantitative estimate of drug-likeness (QED) is 0.882. The molecule has 0 aliphatic carbocycles. The van der Waals surface area contributed by atoms with Crippen molar-refractivity contribution in [2.75, 3.05) is 17.7 Å². The smallest absolute Gasteiger partial charge is 0.242 e. The van der Waals surface area contributed by atoms with Crippen molar-refractivity contribution in [1.29, 1.82) is 0 Å². The van der Waals surface area contributed by atoms with Gasteiger partial charge in [-0.25, -0.2) is 4.98 Å². The number of nitrogens with one attached hydrogen (secondary N) is 1. The van der Waals surface area contributed by atoms with Crippen LogP contribution in [-0.2, 0) is 0 Å². The van der Waals surface area contributed by atoms with Crippen LogP contribution in [-0.4, -0.2) is 16.6 Å². The van der Waals surface area contributed by atoms with E-state index in [1.807, 2.05) is 13.0 Å². The molecule has 19 heavy (non-hydrogen) atoms. The molecule has 5 nitrogen and oxygen atoms in total. The van der Waals surface area contributed by atoms with Gasteiger partial charge in [-0.2, -0.15) is 4.98 Å². The summed E-state index contributed by atoms with van der Waals surface area (Å²) in [6, 6.07) is 6.10. The van der Waals surface area contributed by atoms with Gasteiger partial charge in [0.05, 0.1) is 6.61 Å². The Bertz CT molecular complexity index is 584. The number of rotatable bonds is 4. The predicted octanol–water partition coefficient (Wildman–Crippen LogP) is 2.82. The molecule has 0 amide bonds. The largest absolute Gasteiger partial charge is 0.476 e. The van der Waals surface area contributed by atoms with Crippen LogP contribution in [0.3, 0.4) is 0 Å². The second-order valence-electron chi connectivity index (χ2n) is 4.30. The summed E-state index contributed by atoms with van der Waals surface area (Å²) >= 11 is 0. The summed E-state index contributed by atoms with van der Waals surface area (Å²) in [4.78, 5) is 8.14. The Labute approximate surface area is 112 Å². The van der Waals surface area contributed by atoms with Gasteiger partial charge >= 0.3 is 0 Å². The first-order valence-electron chi connectivity index (χ1n) is 6.19. The third-order valence-corrected chi connectivity index (χ3v) is 2.90. The maximum atomic E-state index is 5.97. The van der Waals surface area contributed by atoms with Crippen LogP contribution in [0.15, 0.2) is 24.5 Å². The number of nitrogens with two attached hydrogens (primary N) is 1. The van der Waals surface area contributed by atoms with E-state index in [1.54, 1.807) is 0 Å². The third kappa shape index (κ3) is 2.93. The molecule has 0 aliphatic rings. The number of ether oxygens (including phenoxy) is 1. The lowest BCUT2D eigenvalue weighted by Crippen LogP contribution is -2.05. The fraction of sp³-hybridized carbons (Fsp3) is 0.286. The molecule has 1 aromatic heterocycles. The summed E-state index contributed by atoms with van der Waals surface area (Å²) in [5.74, 6) is 0.963. The van der Waals surface area contributed by atoms with Crippen molar-refractivity contribution in [3.8, 4) is 5.88 Å². The number of nitrogens with zero attached hydrogens (tertiary/aromatic N) is 2. The van der Waals surface area contributed by atoms with E-state index in [0.29, 0.717) is 24.0 Å². The molecular formula is C14H18N4O. The monoisotopic (exact) mass is 258 g/mol. The minimum absolute atomic E-state index is 0.406. The minimum Gasteiger partial charge on any atom is -0.476 e. The van der Waals surface area contributed by atoms with E-state index in [9.17, 15) is 0 Å². The van der Waals surface area contributed by atoms with Crippen LogP contribution in [0.25, 0.3) is 0 Å². The number of anilines is 3. The molecule has 3 N–H and O–H groups in total. The number of nitrogen functional groups attached to an aromatic ring is 1. The van der Waals surface area contributed by atoms with Crippen molar-refractivity contribution in [2.45, 2.75) is 20.8 Å². The summed E-state index contributed by atoms with van der Waals surface area (Å²) in [5.41, 5.74) is 9.79. The number of hydrogen-bond donors (Lipinski definition) is 2. The second kappa shape index (κ2) is 5.56. The zero-order chi connectivity index (χ0) is 13.8. The van der Waals surface area contributed by atoms with E-state index in [0.717, 1.165) is 5.69 Å². The van der Waals surface area contributed by atoms with Gasteiger partial charge in [-0.3, -0.25) is 0 Å². The Morgan fingerprint density at radius 2 is 2.00 bits per heavy atom. The summed E-state index contributed by atoms with van der Waals surface area (Å²) in [6.07, 6.45) is 1.44. The van der Waals surface area contributed by atoms with Crippen molar-refractivity contribution in [2.24, 2.45) is 0 Å². The lowest BCUT2D eigenvalue weighted by molar-refractivity contribution is 0.328. The number of aromatic nitrogens is 2. The predicted molar refractivity (Wildman–Crippen MR) is 76.8 cm³/mol. The zero-order valence-corrected chi connectivity index (χ0v) is 11.4. The van der Waals surface area contributed by atoms with Crippen LogP contribution in [0.5, 0.6) is 5.88 Å². The Morgan fingerprint density at radius 1 is 1.21 bits per heavy atom. The molecule has 100 valence electrons. The SMILES string of the molecule is CCOc1ncnc(Nc2ccc(C)c(C)c2)c1N. The molecule has 5 heteroatoms. The standard InChI is InChI=1S/C14H18N4O/c1-4-19-14-12(15)13(16-8-17-14)18-11-6-5-9(2)10(3)7-11/h5-8H,4,15H2,1-3H3,(H,16,17,18). The molecule has 1 aromatic carbocycles. The van der Waals surface area contributed by atoms with E-state index < -0.39 is 0 Å². The van der Waals surface area contributed by atoms with E-state index in [1.165, 1.54) is 17.5 Å². The van der Waals surface area contributed by atoms with Crippen molar-refractivity contribution in [1.82, 2.24) is 9.97 Å². The van der Waals surface area contributed by atoms with Crippen LogP contribution in [0, 0.1) is 13.8 Å². The zero-order valence-electron chi connectivity index (χ0n) is 11.4. The molecule has 0 fully saturated rings. The average molecular weight is 258 g/mol. The molecule has 0 radical (unpaired) electrons. The lowest BCUT2D eigenvalue weighted by Gasteiger charge is -2.12. The first-order valence-corrected chi connectivity index (χ1v) is 6.19. The first kappa shape index (κ1) is 13.1. The minimum atomic E-state index is 0.406. The van der Waals surface area contributed by atoms with E-state index in [4.69, 9.17) is 10.5 Å². The summed E-state index contributed by atoms with van der Waals surface area (Å²) < 4.78 is 5.34. The molecule has 0 spiro atoms. The number of hydrogen-bond acceptors (Lipinski definition) is 5. The fourth-order valence-electron chi connectivity index (χ4n) is 1.69. The van der Waals surface area contributed by atoms with Gasteiger partial charge in [-0.05, 0) is 44.0 Å². The van der Waals surface area contributed by atoms with E-state index >= 15 is 0 Å². The molecule has 0 saturated heterocycles. The van der Waals surface area contributed by atoms with Crippen LogP contribution in [0.4, 0.5) is 17.2 Å². The van der Waals surface area contributed by atoms with Gasteiger partial charge in [-0.15, -0.1) is 0 Å². The highest BCUT2D eigenvalue weighted by molar-refractivity contribution is 5.72. The fourth-order valence-corrected chi connectivity index (χ4v) is 1.69. The maximum absolute atomic E-state index is 5.97. The summed E-state index contributed by atoms with van der Waals surface area (Å²) in [7, 11) is 0. The summed E-state index contributed by atoms with van der Waals surface area (Å²) in [5, 5.41) is 3.18. The molecule has 2 rings (SSSR count). The van der Waals surface area contributed by atoms with Crippen molar-refractivity contribution in [3.63, 3.8) is 0 Å². The van der Waals surface area contributed by atoms with Crippen LogP contribution >= 0.6 is 0 Å². The Balaban J connectivity index is 2.27. The molecule has 0 aliphatic heterocycles. The van der Waals surface area contributed by atoms with Crippen molar-refractivity contribution in [3.05, 3.63) is 35.7 Å². The Morgan fingerprint density at radius 3 is 2.68 bits per heavy atom. The highest BCUT2D eigenvalue weighted by Crippen LogP contribution is 2.27. The van der Waals surface area contributed by atoms with Gasteiger partial charge in [-0.1, -0.05) is 6.07 Å². The van der Waals surface area contributed by atoms with Crippen molar-refractivity contribution >= 4 is 17.2 Å². The molecular weight excluding hydrogens is 240 g/mol. The van der Waals surface area contributed by atoms with E-state index in [-0.39, 0.29) is 0 Å². The van der Waals surface area contributed by atoms with Crippen LogP contribution in [0.2, 0.25) is 0 Å². The lowest BCUT2D eigenvalue weighted by atomic mass is 10.1. The normalized spacial score (nSPS) is 10.3. The van der Waals surface area contributed by atoms with Gasteiger partial charge in [0.25, 0.3) is 0 Å². The van der Waals surface area contributed by atoms with Crippen LogP contribution < -0.4 is 15.8 Å². The molecule has 0 saturated carbocycles.